The number of nitrogens with zero attached hydrogens (tertiary/aromatic N) is 1. The molecule has 0 unspecified atom stereocenters. The van der Waals surface area contributed by atoms with Crippen molar-refractivity contribution in [3.8, 4) is 0 Å². The zero-order valence-electron chi connectivity index (χ0n) is 12.6. The van der Waals surface area contributed by atoms with Crippen molar-refractivity contribution < 1.29 is 24.2 Å². The highest BCUT2D eigenvalue weighted by molar-refractivity contribution is 5.75. The average molecular weight is 278 g/mol. The van der Waals surface area contributed by atoms with Crippen molar-refractivity contribution in [2.75, 3.05) is 41.4 Å². The van der Waals surface area contributed by atoms with Crippen molar-refractivity contribution >= 4 is 12.1 Å². The van der Waals surface area contributed by atoms with Gasteiger partial charge in [0.1, 0.15) is 6.04 Å². The Hall–Kier alpha value is -1.27. The molecule has 0 aliphatic carbocycles. The number of methoxy groups -OCH3 is 1. The van der Waals surface area contributed by atoms with E-state index in [-0.39, 0.29) is 12.8 Å². The molecule has 0 aromatic carbocycles. The predicted octanol–water partition coefficient (Wildman–Crippen LogP) is -0.640. The summed E-state index contributed by atoms with van der Waals surface area (Å²) in [6.07, 6.45) is 0.250. The minimum atomic E-state index is -0.588. The predicted molar refractivity (Wildman–Crippen MR) is 70.3 cm³/mol. The van der Waals surface area contributed by atoms with E-state index in [1.807, 2.05) is 0 Å². The molecule has 2 N–H and O–H groups in total. The topological polar surface area (TPSA) is 95.9 Å². The molecular weight excluding hydrogens is 252 g/mol. The fourth-order valence-corrected chi connectivity index (χ4v) is 1.16. The molecule has 114 valence electrons. The van der Waals surface area contributed by atoms with E-state index in [1.165, 1.54) is 13.7 Å². The zero-order chi connectivity index (χ0) is 15.8. The molecule has 7 nitrogen and oxygen atoms in total. The lowest BCUT2D eigenvalue weighted by Gasteiger charge is -2.10. The van der Waals surface area contributed by atoms with Gasteiger partial charge in [0, 0.05) is 0 Å². The largest absolute Gasteiger partial charge is 0.468 e. The van der Waals surface area contributed by atoms with Crippen molar-refractivity contribution in [2.45, 2.75) is 19.9 Å². The van der Waals surface area contributed by atoms with Crippen LogP contribution in [0.1, 0.15) is 13.8 Å². The normalized spacial score (nSPS) is 10.6. The summed E-state index contributed by atoms with van der Waals surface area (Å²) in [5, 5.41) is 11.0. The highest BCUT2D eigenvalue weighted by Crippen LogP contribution is 1.90. The number of hydrogen-bond acceptors (Lipinski definition) is 7. The van der Waals surface area contributed by atoms with Gasteiger partial charge in [-0.3, -0.25) is 4.79 Å². The van der Waals surface area contributed by atoms with E-state index < -0.39 is 12.0 Å². The number of carbonyl (C=O) groups excluding carboxylic acids is 3. The van der Waals surface area contributed by atoms with Crippen LogP contribution in [0.4, 0.5) is 0 Å². The van der Waals surface area contributed by atoms with Gasteiger partial charge in [0.05, 0.1) is 13.7 Å². The Morgan fingerprint density at radius 3 is 1.84 bits per heavy atom. The maximum atomic E-state index is 10.5. The number of ether oxygens (including phenoxy) is 1. The summed E-state index contributed by atoms with van der Waals surface area (Å²) in [5.41, 5.74) is 0. The van der Waals surface area contributed by atoms with Crippen LogP contribution in [0.3, 0.4) is 0 Å². The Bertz CT molecular complexity index is 228. The minimum Gasteiger partial charge on any atom is -0.468 e. The van der Waals surface area contributed by atoms with Gasteiger partial charge in [-0.25, -0.2) is 0 Å². The van der Waals surface area contributed by atoms with Crippen LogP contribution in [0.15, 0.2) is 0 Å². The molecule has 0 aliphatic heterocycles. The number of nitrogens with one attached hydrogen (secondary N) is 1. The number of likely N-dealkylation sites (N-methyl/N-ethyl adjacent to an activating group) is 1. The second kappa shape index (κ2) is 16.7. The van der Waals surface area contributed by atoms with E-state index in [0.29, 0.717) is 0 Å². The average Bonchev–Trinajstić information content (AvgIpc) is 2.30. The Labute approximate surface area is 114 Å². The van der Waals surface area contributed by atoms with Crippen LogP contribution in [0, 0.1) is 5.92 Å². The first-order valence-corrected chi connectivity index (χ1v) is 5.80. The van der Waals surface area contributed by atoms with Gasteiger partial charge in [-0.1, -0.05) is 13.8 Å². The van der Waals surface area contributed by atoms with Gasteiger partial charge in [-0.15, -0.1) is 0 Å². The molecule has 0 saturated heterocycles. The van der Waals surface area contributed by atoms with Gasteiger partial charge in [-0.05, 0) is 33.6 Å². The maximum Gasteiger partial charge on any atom is 0.373 e. The van der Waals surface area contributed by atoms with Crippen LogP contribution < -0.4 is 5.32 Å². The smallest absolute Gasteiger partial charge is 0.373 e. The fraction of sp³-hybridized carbons (Fsp3) is 0.833. The molecule has 0 rings (SSSR count). The molecule has 0 aromatic heterocycles. The van der Waals surface area contributed by atoms with Crippen molar-refractivity contribution in [1.82, 2.24) is 10.2 Å². The monoisotopic (exact) mass is 278 g/mol. The quantitative estimate of drug-likeness (QED) is 0.646. The first kappa shape index (κ1) is 22.9. The molecule has 0 heterocycles. The third kappa shape index (κ3) is 22.4. The minimum absolute atomic E-state index is 0.233. The Balaban J connectivity index is -0.000000228. The number of esters is 1. The standard InChI is InChI=1S/C6H15N.C5H11NO3.CO2/c1-6(2)5-7(3)4;1-6-4(3-7)5(8)9-2;2-1-3/h6H,5H2,1-4H3;4,6-7H,3H2,1-2H3;/t;4-;/m.1./s1. The zero-order valence-corrected chi connectivity index (χ0v) is 12.6. The molecule has 0 spiro atoms. The van der Waals surface area contributed by atoms with Crippen LogP contribution in [0.2, 0.25) is 0 Å². The van der Waals surface area contributed by atoms with Gasteiger partial charge < -0.3 is 20.1 Å². The summed E-state index contributed by atoms with van der Waals surface area (Å²) in [5.74, 6) is 0.356. The van der Waals surface area contributed by atoms with Gasteiger partial charge in [0.2, 0.25) is 0 Å². The van der Waals surface area contributed by atoms with E-state index in [4.69, 9.17) is 14.7 Å². The number of aliphatic hydroxyl groups excluding tert-OH is 1. The SMILES string of the molecule is CC(C)CN(C)C.CN[C@H](CO)C(=O)OC.O=C=O. The Morgan fingerprint density at radius 1 is 1.37 bits per heavy atom. The summed E-state index contributed by atoms with van der Waals surface area (Å²) in [7, 11) is 7.06. The summed E-state index contributed by atoms with van der Waals surface area (Å²) < 4.78 is 4.33. The molecule has 0 radical (unpaired) electrons. The van der Waals surface area contributed by atoms with Gasteiger partial charge >= 0.3 is 12.1 Å². The maximum absolute atomic E-state index is 10.5. The number of rotatable bonds is 5. The molecule has 0 aliphatic rings. The lowest BCUT2D eigenvalue weighted by Crippen LogP contribution is -2.37. The number of aliphatic hydroxyl groups is 1. The van der Waals surface area contributed by atoms with Gasteiger partial charge in [0.15, 0.2) is 0 Å². The Kier molecular flexibility index (Phi) is 20.1. The molecular formula is C12H26N2O5. The lowest BCUT2D eigenvalue weighted by molar-refractivity contribution is -0.191. The lowest BCUT2D eigenvalue weighted by atomic mass is 10.2. The molecule has 7 heteroatoms. The van der Waals surface area contributed by atoms with Crippen LogP contribution in [-0.4, -0.2) is 69.6 Å². The van der Waals surface area contributed by atoms with Gasteiger partial charge in [0.25, 0.3) is 0 Å². The number of hydrogen-bond donors (Lipinski definition) is 2. The summed E-state index contributed by atoms with van der Waals surface area (Å²) in [4.78, 5) is 29.0. The molecule has 0 fully saturated rings. The van der Waals surface area contributed by atoms with E-state index in [2.05, 4.69) is 42.9 Å². The highest BCUT2D eigenvalue weighted by atomic mass is 16.5. The molecule has 19 heavy (non-hydrogen) atoms. The first-order valence-electron chi connectivity index (χ1n) is 5.80. The third-order valence-electron chi connectivity index (χ3n) is 1.75. The van der Waals surface area contributed by atoms with E-state index >= 15 is 0 Å². The van der Waals surface area contributed by atoms with Crippen molar-refractivity contribution in [3.63, 3.8) is 0 Å². The van der Waals surface area contributed by atoms with Crippen LogP contribution in [0.25, 0.3) is 0 Å². The van der Waals surface area contributed by atoms with Crippen LogP contribution in [0.5, 0.6) is 0 Å². The fourth-order valence-electron chi connectivity index (χ4n) is 1.16. The summed E-state index contributed by atoms with van der Waals surface area (Å²) in [6.45, 7) is 5.41. The van der Waals surface area contributed by atoms with Crippen molar-refractivity contribution in [3.05, 3.63) is 0 Å². The van der Waals surface area contributed by atoms with Crippen LogP contribution >= 0.6 is 0 Å². The first-order chi connectivity index (χ1) is 8.80. The van der Waals surface area contributed by atoms with Crippen molar-refractivity contribution in [1.29, 1.82) is 0 Å². The second-order valence-corrected chi connectivity index (χ2v) is 4.29. The molecule has 0 bridgehead atoms. The highest BCUT2D eigenvalue weighted by Gasteiger charge is 2.13. The Morgan fingerprint density at radius 2 is 1.79 bits per heavy atom. The molecule has 0 aromatic rings. The van der Waals surface area contributed by atoms with E-state index in [9.17, 15) is 4.79 Å². The molecule has 1 atom stereocenters. The molecule has 0 saturated carbocycles. The van der Waals surface area contributed by atoms with Crippen LogP contribution in [-0.2, 0) is 19.1 Å². The molecule has 0 amide bonds. The van der Waals surface area contributed by atoms with Crippen molar-refractivity contribution in [2.24, 2.45) is 5.92 Å². The second-order valence-electron chi connectivity index (χ2n) is 4.29. The number of carbonyl (C=O) groups is 1. The van der Waals surface area contributed by atoms with Gasteiger partial charge in [-0.2, -0.15) is 9.59 Å². The van der Waals surface area contributed by atoms with E-state index in [1.54, 1.807) is 7.05 Å². The summed E-state index contributed by atoms with van der Waals surface area (Å²) in [6, 6.07) is -0.588. The van der Waals surface area contributed by atoms with E-state index in [0.717, 1.165) is 5.92 Å². The summed E-state index contributed by atoms with van der Waals surface area (Å²) >= 11 is 0. The third-order valence-corrected chi connectivity index (χ3v) is 1.75.